The molecule has 0 spiro atoms. The number of hydrogen-bond acceptors (Lipinski definition) is 6. The summed E-state index contributed by atoms with van der Waals surface area (Å²) < 4.78 is 17.0. The van der Waals surface area contributed by atoms with Crippen molar-refractivity contribution in [1.29, 1.82) is 0 Å². The number of rotatable bonds is 7. The first kappa shape index (κ1) is 20.9. The molecule has 1 aliphatic heterocycles. The maximum atomic E-state index is 12.6. The summed E-state index contributed by atoms with van der Waals surface area (Å²) in [5.74, 6) is 0.475. The predicted molar refractivity (Wildman–Crippen MR) is 114 cm³/mol. The van der Waals surface area contributed by atoms with Gasteiger partial charge in [0.05, 0.1) is 18.6 Å². The third-order valence-electron chi connectivity index (χ3n) is 5.91. The molecule has 7 nitrogen and oxygen atoms in total. The molecule has 1 amide bonds. The Kier molecular flexibility index (Phi) is 6.39. The SMILES string of the molecule is Cc1cc(O[C@@H](C)C(=O)NCCCN2CCOCC2)c2c3c(c(=O)oc2c1)CCC3. The Morgan fingerprint density at radius 3 is 2.80 bits per heavy atom. The molecule has 2 aliphatic rings. The topological polar surface area (TPSA) is 81.0 Å². The Labute approximate surface area is 176 Å². The Morgan fingerprint density at radius 1 is 1.23 bits per heavy atom. The van der Waals surface area contributed by atoms with E-state index in [0.29, 0.717) is 17.9 Å². The normalized spacial score (nSPS) is 17.7. The van der Waals surface area contributed by atoms with Crippen LogP contribution >= 0.6 is 0 Å². The summed E-state index contributed by atoms with van der Waals surface area (Å²) in [4.78, 5) is 27.2. The Hall–Kier alpha value is -2.38. The van der Waals surface area contributed by atoms with Crippen LogP contribution in [0.1, 0.15) is 36.5 Å². The van der Waals surface area contributed by atoms with Crippen LogP contribution in [-0.4, -0.2) is 56.3 Å². The first-order valence-electron chi connectivity index (χ1n) is 10.9. The van der Waals surface area contributed by atoms with Crippen molar-refractivity contribution in [3.63, 3.8) is 0 Å². The highest BCUT2D eigenvalue weighted by Crippen LogP contribution is 2.35. The number of amides is 1. The molecular formula is C23H30N2O5. The molecule has 2 aromatic rings. The highest BCUT2D eigenvalue weighted by Gasteiger charge is 2.24. The predicted octanol–water partition coefficient (Wildman–Crippen LogP) is 2.20. The van der Waals surface area contributed by atoms with Gasteiger partial charge in [-0.25, -0.2) is 4.79 Å². The molecule has 2 heterocycles. The monoisotopic (exact) mass is 414 g/mol. The number of nitrogens with one attached hydrogen (secondary N) is 1. The van der Waals surface area contributed by atoms with Crippen LogP contribution in [0.5, 0.6) is 5.75 Å². The summed E-state index contributed by atoms with van der Waals surface area (Å²) in [7, 11) is 0. The van der Waals surface area contributed by atoms with Gasteiger partial charge in [-0.2, -0.15) is 0 Å². The lowest BCUT2D eigenvalue weighted by molar-refractivity contribution is -0.127. The molecule has 162 valence electrons. The van der Waals surface area contributed by atoms with Crippen LogP contribution in [0.15, 0.2) is 21.3 Å². The van der Waals surface area contributed by atoms with Crippen LogP contribution in [-0.2, 0) is 22.4 Å². The fraction of sp³-hybridized carbons (Fsp3) is 0.565. The average molecular weight is 415 g/mol. The van der Waals surface area contributed by atoms with E-state index in [1.54, 1.807) is 6.92 Å². The number of nitrogens with zero attached hydrogens (tertiary/aromatic N) is 1. The molecule has 1 aromatic heterocycles. The molecule has 0 radical (unpaired) electrons. The second kappa shape index (κ2) is 9.18. The largest absolute Gasteiger partial charge is 0.480 e. The average Bonchev–Trinajstić information content (AvgIpc) is 3.22. The number of hydrogen-bond donors (Lipinski definition) is 1. The Bertz CT molecular complexity index is 978. The molecule has 1 atom stereocenters. The highest BCUT2D eigenvalue weighted by atomic mass is 16.5. The maximum absolute atomic E-state index is 12.6. The van der Waals surface area contributed by atoms with Gasteiger partial charge in [-0.3, -0.25) is 9.69 Å². The van der Waals surface area contributed by atoms with Gasteiger partial charge in [0.25, 0.3) is 5.91 Å². The number of fused-ring (bicyclic) bond motifs is 3. The fourth-order valence-corrected chi connectivity index (χ4v) is 4.32. The van der Waals surface area contributed by atoms with Crippen molar-refractivity contribution in [2.75, 3.05) is 39.4 Å². The van der Waals surface area contributed by atoms with Crippen molar-refractivity contribution in [2.24, 2.45) is 0 Å². The van der Waals surface area contributed by atoms with Gasteiger partial charge in [-0.05, 0) is 69.3 Å². The molecule has 30 heavy (non-hydrogen) atoms. The van der Waals surface area contributed by atoms with E-state index in [1.807, 2.05) is 19.1 Å². The fourth-order valence-electron chi connectivity index (χ4n) is 4.32. The third-order valence-corrected chi connectivity index (χ3v) is 5.91. The molecule has 1 aromatic carbocycles. The van der Waals surface area contributed by atoms with E-state index >= 15 is 0 Å². The minimum Gasteiger partial charge on any atom is -0.480 e. The number of carbonyl (C=O) groups excluding carboxylic acids is 1. The molecule has 1 fully saturated rings. The van der Waals surface area contributed by atoms with Crippen molar-refractivity contribution >= 4 is 16.9 Å². The van der Waals surface area contributed by atoms with Crippen LogP contribution in [0.2, 0.25) is 0 Å². The first-order valence-corrected chi connectivity index (χ1v) is 10.9. The smallest absolute Gasteiger partial charge is 0.339 e. The van der Waals surface area contributed by atoms with Gasteiger partial charge in [0, 0.05) is 25.2 Å². The third kappa shape index (κ3) is 4.52. The van der Waals surface area contributed by atoms with Gasteiger partial charge in [-0.1, -0.05) is 0 Å². The number of carbonyl (C=O) groups is 1. The van der Waals surface area contributed by atoms with Crippen molar-refractivity contribution in [3.8, 4) is 5.75 Å². The lowest BCUT2D eigenvalue weighted by Gasteiger charge is -2.26. The van der Waals surface area contributed by atoms with Gasteiger partial charge in [0.1, 0.15) is 11.3 Å². The number of ether oxygens (including phenoxy) is 2. The van der Waals surface area contributed by atoms with Crippen LogP contribution in [0, 0.1) is 6.92 Å². The maximum Gasteiger partial charge on any atom is 0.339 e. The van der Waals surface area contributed by atoms with E-state index in [-0.39, 0.29) is 11.5 Å². The molecule has 0 saturated carbocycles. The first-order chi connectivity index (χ1) is 14.5. The van der Waals surface area contributed by atoms with Gasteiger partial charge in [-0.15, -0.1) is 0 Å². The highest BCUT2D eigenvalue weighted by molar-refractivity contribution is 5.89. The lowest BCUT2D eigenvalue weighted by atomic mass is 10.0. The Balaban J connectivity index is 1.41. The van der Waals surface area contributed by atoms with Crippen LogP contribution in [0.3, 0.4) is 0 Å². The van der Waals surface area contributed by atoms with Gasteiger partial charge < -0.3 is 19.2 Å². The van der Waals surface area contributed by atoms with Crippen molar-refractivity contribution < 1.29 is 18.7 Å². The second-order valence-corrected chi connectivity index (χ2v) is 8.20. The molecule has 4 rings (SSSR count). The standard InChI is InChI=1S/C23H30N2O5/c1-15-13-19(21-17-5-3-6-18(17)23(27)30-20(21)14-15)29-16(2)22(26)24-7-4-8-25-9-11-28-12-10-25/h13-14,16H,3-12H2,1-2H3,(H,24,26)/t16-/m0/s1. The van der Waals surface area contributed by atoms with Crippen LogP contribution in [0.25, 0.3) is 11.0 Å². The molecule has 1 aliphatic carbocycles. The van der Waals surface area contributed by atoms with Gasteiger partial charge in [0.15, 0.2) is 6.10 Å². The molecule has 7 heteroatoms. The number of benzene rings is 1. The second-order valence-electron chi connectivity index (χ2n) is 8.20. The summed E-state index contributed by atoms with van der Waals surface area (Å²) in [5, 5.41) is 3.80. The van der Waals surface area contributed by atoms with E-state index in [2.05, 4.69) is 10.2 Å². The summed E-state index contributed by atoms with van der Waals surface area (Å²) in [5.41, 5.74) is 2.97. The van der Waals surface area contributed by atoms with Crippen molar-refractivity contribution in [3.05, 3.63) is 39.2 Å². The zero-order chi connectivity index (χ0) is 21.1. The van der Waals surface area contributed by atoms with Crippen LogP contribution < -0.4 is 15.7 Å². The van der Waals surface area contributed by atoms with E-state index in [9.17, 15) is 9.59 Å². The summed E-state index contributed by atoms with van der Waals surface area (Å²) >= 11 is 0. The summed E-state index contributed by atoms with van der Waals surface area (Å²) in [6.45, 7) is 8.72. The van der Waals surface area contributed by atoms with E-state index in [4.69, 9.17) is 13.9 Å². The van der Waals surface area contributed by atoms with E-state index < -0.39 is 6.10 Å². The van der Waals surface area contributed by atoms with Gasteiger partial charge >= 0.3 is 5.63 Å². The zero-order valence-corrected chi connectivity index (χ0v) is 17.8. The Morgan fingerprint density at radius 2 is 2.00 bits per heavy atom. The summed E-state index contributed by atoms with van der Waals surface area (Å²) in [6.07, 6.45) is 2.76. The number of aryl methyl sites for hydroxylation is 2. The van der Waals surface area contributed by atoms with Crippen molar-refractivity contribution in [2.45, 2.75) is 45.6 Å². The van der Waals surface area contributed by atoms with E-state index in [0.717, 1.165) is 80.6 Å². The summed E-state index contributed by atoms with van der Waals surface area (Å²) in [6, 6.07) is 3.78. The lowest BCUT2D eigenvalue weighted by Crippen LogP contribution is -2.40. The van der Waals surface area contributed by atoms with Gasteiger partial charge in [0.2, 0.25) is 0 Å². The van der Waals surface area contributed by atoms with E-state index in [1.165, 1.54) is 0 Å². The molecule has 1 N–H and O–H groups in total. The van der Waals surface area contributed by atoms with Crippen LogP contribution in [0.4, 0.5) is 0 Å². The molecular weight excluding hydrogens is 384 g/mol. The molecule has 1 saturated heterocycles. The molecule has 0 bridgehead atoms. The zero-order valence-electron chi connectivity index (χ0n) is 17.8. The minimum absolute atomic E-state index is 0.138. The quantitative estimate of drug-likeness (QED) is 0.553. The number of morpholine rings is 1. The molecule has 0 unspecified atom stereocenters. The minimum atomic E-state index is -0.637. The van der Waals surface area contributed by atoms with Crippen molar-refractivity contribution in [1.82, 2.24) is 10.2 Å².